The maximum absolute atomic E-state index is 13.1. The minimum atomic E-state index is -0.887. The summed E-state index contributed by atoms with van der Waals surface area (Å²) in [4.78, 5) is 31.8. The molecule has 9 nitrogen and oxygen atoms in total. The van der Waals surface area contributed by atoms with E-state index in [0.717, 1.165) is 11.3 Å². The molecule has 3 atom stereocenters. The van der Waals surface area contributed by atoms with Crippen LogP contribution in [0.15, 0.2) is 54.7 Å². The lowest BCUT2D eigenvalue weighted by Crippen LogP contribution is -2.53. The number of fused-ring (bicyclic) bond motifs is 2. The van der Waals surface area contributed by atoms with Crippen molar-refractivity contribution in [1.82, 2.24) is 20.1 Å². The molecule has 164 valence electrons. The quantitative estimate of drug-likeness (QED) is 0.678. The van der Waals surface area contributed by atoms with E-state index in [1.807, 2.05) is 30.3 Å². The summed E-state index contributed by atoms with van der Waals surface area (Å²) in [5, 5.41) is 7.27. The summed E-state index contributed by atoms with van der Waals surface area (Å²) in [7, 11) is 1.62. The third-order valence-corrected chi connectivity index (χ3v) is 5.74. The largest absolute Gasteiger partial charge is 0.484 e. The maximum Gasteiger partial charge on any atom is 0.272 e. The lowest BCUT2D eigenvalue weighted by Gasteiger charge is -2.24. The smallest absolute Gasteiger partial charge is 0.272 e. The number of hydrogen-bond acceptors (Lipinski definition) is 6. The molecule has 2 aliphatic rings. The van der Waals surface area contributed by atoms with Crippen LogP contribution in [0.3, 0.4) is 0 Å². The first-order chi connectivity index (χ1) is 15.5. The number of aromatic nitrogens is 3. The Morgan fingerprint density at radius 1 is 1.19 bits per heavy atom. The molecule has 2 aliphatic heterocycles. The Morgan fingerprint density at radius 3 is 2.81 bits per heavy atom. The Hall–Kier alpha value is -3.72. The summed E-state index contributed by atoms with van der Waals surface area (Å²) < 4.78 is 13.7. The second-order valence-corrected chi connectivity index (χ2v) is 7.84. The van der Waals surface area contributed by atoms with Gasteiger partial charge in [0.15, 0.2) is 17.3 Å². The molecular weight excluding hydrogens is 410 g/mol. The number of rotatable bonds is 3. The summed E-state index contributed by atoms with van der Waals surface area (Å²) in [6, 6.07) is 14.1. The van der Waals surface area contributed by atoms with Crippen molar-refractivity contribution in [2.24, 2.45) is 0 Å². The fraction of sp³-hybridized carbons (Fsp3) is 0.304. The standard InChI is InChI=1S/C23H23N5O4/c1-14-19(23(30)27(2)21-18(32-14)9-6-10-24-21)25-22(29)16-13-17-20(15-7-4-3-5-8-15)31-12-11-28(17)26-16/h3-10,13-14,19-20H,11-12H2,1-2H3,(H,25,29)/t14?,19-,20-/m0/s1. The Morgan fingerprint density at radius 2 is 2.00 bits per heavy atom. The summed E-state index contributed by atoms with van der Waals surface area (Å²) in [5.41, 5.74) is 2.03. The molecule has 5 rings (SSSR count). The van der Waals surface area contributed by atoms with Gasteiger partial charge in [0.05, 0.1) is 18.8 Å². The van der Waals surface area contributed by atoms with Gasteiger partial charge in [0.2, 0.25) is 0 Å². The zero-order chi connectivity index (χ0) is 22.2. The molecule has 0 spiro atoms. The van der Waals surface area contributed by atoms with Crippen molar-refractivity contribution in [3.05, 3.63) is 71.7 Å². The van der Waals surface area contributed by atoms with E-state index in [1.54, 1.807) is 43.0 Å². The number of carbonyl (C=O) groups excluding carboxylic acids is 2. The van der Waals surface area contributed by atoms with Crippen LogP contribution in [0.4, 0.5) is 5.82 Å². The third-order valence-electron chi connectivity index (χ3n) is 5.74. The predicted molar refractivity (Wildman–Crippen MR) is 115 cm³/mol. The molecule has 4 heterocycles. The number of carbonyl (C=O) groups is 2. The van der Waals surface area contributed by atoms with Gasteiger partial charge in [-0.3, -0.25) is 19.2 Å². The van der Waals surface area contributed by atoms with Gasteiger partial charge in [0.1, 0.15) is 18.2 Å². The second-order valence-electron chi connectivity index (χ2n) is 7.84. The van der Waals surface area contributed by atoms with E-state index in [2.05, 4.69) is 15.4 Å². The van der Waals surface area contributed by atoms with Crippen molar-refractivity contribution >= 4 is 17.6 Å². The molecule has 1 aromatic carbocycles. The number of likely N-dealkylation sites (N-methyl/N-ethyl adjacent to an activating group) is 1. The minimum absolute atomic E-state index is 0.231. The first-order valence-corrected chi connectivity index (χ1v) is 10.5. The average molecular weight is 433 g/mol. The van der Waals surface area contributed by atoms with Gasteiger partial charge in [-0.05, 0) is 30.7 Å². The predicted octanol–water partition coefficient (Wildman–Crippen LogP) is 1.94. The van der Waals surface area contributed by atoms with Crippen molar-refractivity contribution in [1.29, 1.82) is 0 Å². The normalized spacial score (nSPS) is 22.4. The number of hydrogen-bond donors (Lipinski definition) is 1. The highest BCUT2D eigenvalue weighted by atomic mass is 16.5. The van der Waals surface area contributed by atoms with Crippen LogP contribution in [-0.4, -0.2) is 52.4 Å². The third kappa shape index (κ3) is 3.50. The molecule has 2 aromatic heterocycles. The molecule has 0 saturated carbocycles. The molecule has 0 saturated heterocycles. The van der Waals surface area contributed by atoms with Crippen molar-refractivity contribution in [2.75, 3.05) is 18.6 Å². The molecule has 2 amide bonds. The molecule has 32 heavy (non-hydrogen) atoms. The monoisotopic (exact) mass is 433 g/mol. The first-order valence-electron chi connectivity index (χ1n) is 10.5. The van der Waals surface area contributed by atoms with Gasteiger partial charge >= 0.3 is 0 Å². The van der Waals surface area contributed by atoms with Gasteiger partial charge in [-0.25, -0.2) is 4.98 Å². The van der Waals surface area contributed by atoms with Crippen LogP contribution in [-0.2, 0) is 16.1 Å². The van der Waals surface area contributed by atoms with Crippen LogP contribution in [0.1, 0.15) is 34.8 Å². The highest BCUT2D eigenvalue weighted by Gasteiger charge is 2.37. The van der Waals surface area contributed by atoms with Gasteiger partial charge < -0.3 is 14.8 Å². The van der Waals surface area contributed by atoms with Gasteiger partial charge in [-0.1, -0.05) is 30.3 Å². The molecule has 0 radical (unpaired) electrons. The van der Waals surface area contributed by atoms with Gasteiger partial charge in [-0.15, -0.1) is 0 Å². The minimum Gasteiger partial charge on any atom is -0.484 e. The Bertz CT molecular complexity index is 1160. The van der Waals surface area contributed by atoms with Crippen LogP contribution in [0, 0.1) is 0 Å². The van der Waals surface area contributed by atoms with Crippen LogP contribution >= 0.6 is 0 Å². The summed E-state index contributed by atoms with van der Waals surface area (Å²) >= 11 is 0. The van der Waals surface area contributed by atoms with Crippen molar-refractivity contribution < 1.29 is 19.1 Å². The Labute approximate surface area is 185 Å². The fourth-order valence-electron chi connectivity index (χ4n) is 4.07. The summed E-state index contributed by atoms with van der Waals surface area (Å²) in [6.45, 7) is 2.80. The van der Waals surface area contributed by atoms with Gasteiger partial charge in [0.25, 0.3) is 11.8 Å². The fourth-order valence-corrected chi connectivity index (χ4v) is 4.07. The van der Waals surface area contributed by atoms with E-state index in [-0.39, 0.29) is 17.7 Å². The zero-order valence-electron chi connectivity index (χ0n) is 17.8. The Kier molecular flexibility index (Phi) is 5.10. The second kappa shape index (κ2) is 8.08. The molecule has 0 fully saturated rings. The van der Waals surface area contributed by atoms with E-state index in [0.29, 0.717) is 24.7 Å². The first kappa shape index (κ1) is 20.2. The van der Waals surface area contributed by atoms with Crippen molar-refractivity contribution in [3.63, 3.8) is 0 Å². The molecule has 0 bridgehead atoms. The van der Waals surface area contributed by atoms with E-state index in [9.17, 15) is 9.59 Å². The highest BCUT2D eigenvalue weighted by Crippen LogP contribution is 2.31. The Balaban J connectivity index is 1.39. The lowest BCUT2D eigenvalue weighted by atomic mass is 10.1. The summed E-state index contributed by atoms with van der Waals surface area (Å²) in [5.74, 6) is 0.159. The van der Waals surface area contributed by atoms with Crippen molar-refractivity contribution in [3.8, 4) is 5.75 Å². The number of ether oxygens (including phenoxy) is 2. The van der Waals surface area contributed by atoms with Crippen molar-refractivity contribution in [2.45, 2.75) is 31.7 Å². The number of amides is 2. The van der Waals surface area contributed by atoms with Gasteiger partial charge in [0, 0.05) is 13.2 Å². The number of nitrogens with zero attached hydrogens (tertiary/aromatic N) is 4. The molecule has 1 unspecified atom stereocenters. The van der Waals surface area contributed by atoms with Crippen LogP contribution in [0.25, 0.3) is 0 Å². The molecule has 9 heteroatoms. The number of nitrogens with one attached hydrogen (secondary N) is 1. The van der Waals surface area contributed by atoms with Crippen LogP contribution < -0.4 is 15.0 Å². The summed E-state index contributed by atoms with van der Waals surface area (Å²) in [6.07, 6.45) is 0.709. The highest BCUT2D eigenvalue weighted by molar-refractivity contribution is 6.02. The number of benzene rings is 1. The number of anilines is 1. The molecule has 1 N–H and O–H groups in total. The van der Waals surface area contributed by atoms with Crippen LogP contribution in [0.2, 0.25) is 0 Å². The van der Waals surface area contributed by atoms with E-state index < -0.39 is 18.1 Å². The zero-order valence-corrected chi connectivity index (χ0v) is 17.8. The van der Waals surface area contributed by atoms with E-state index in [4.69, 9.17) is 9.47 Å². The van der Waals surface area contributed by atoms with E-state index in [1.165, 1.54) is 4.90 Å². The van der Waals surface area contributed by atoms with Crippen LogP contribution in [0.5, 0.6) is 5.75 Å². The molecule has 0 aliphatic carbocycles. The molecule has 3 aromatic rings. The topological polar surface area (TPSA) is 98.6 Å². The average Bonchev–Trinajstić information content (AvgIpc) is 3.24. The molecular formula is C23H23N5O4. The van der Waals surface area contributed by atoms with E-state index >= 15 is 0 Å². The maximum atomic E-state index is 13.1. The van der Waals surface area contributed by atoms with Gasteiger partial charge in [-0.2, -0.15) is 5.10 Å². The SMILES string of the molecule is CC1Oc2cccnc2N(C)C(=O)[C@H]1NC(=O)c1cc2n(n1)CCO[C@H]2c1ccccc1. The number of pyridine rings is 1. The lowest BCUT2D eigenvalue weighted by molar-refractivity contribution is -0.121.